The predicted octanol–water partition coefficient (Wildman–Crippen LogP) is 3.67. The van der Waals surface area contributed by atoms with E-state index in [1.54, 1.807) is 6.92 Å². The third-order valence-electron chi connectivity index (χ3n) is 3.31. The van der Waals surface area contributed by atoms with E-state index in [4.69, 9.17) is 5.11 Å². The SMILES string of the molecule is CC(CNC(=O)c1csc(-c2cccc(C(F)(F)F)c2)n1)CC(=O)O. The number of amides is 1. The van der Waals surface area contributed by atoms with Crippen LogP contribution in [0.3, 0.4) is 0 Å². The number of thiazole rings is 1. The van der Waals surface area contributed by atoms with Gasteiger partial charge in [0.25, 0.3) is 5.91 Å². The molecule has 0 saturated heterocycles. The second kappa shape index (κ2) is 7.64. The molecule has 2 N–H and O–H groups in total. The Labute approximate surface area is 145 Å². The number of benzene rings is 1. The first-order valence-corrected chi connectivity index (χ1v) is 8.18. The molecule has 0 aliphatic rings. The molecule has 1 aromatic carbocycles. The average molecular weight is 372 g/mol. The molecular formula is C16H15F3N2O3S. The lowest BCUT2D eigenvalue weighted by atomic mass is 10.1. The minimum Gasteiger partial charge on any atom is -0.481 e. The zero-order chi connectivity index (χ0) is 18.6. The number of aromatic nitrogens is 1. The van der Waals surface area contributed by atoms with Gasteiger partial charge in [-0.2, -0.15) is 13.2 Å². The highest BCUT2D eigenvalue weighted by atomic mass is 32.1. The summed E-state index contributed by atoms with van der Waals surface area (Å²) in [5.74, 6) is -1.70. The smallest absolute Gasteiger partial charge is 0.416 e. The number of aliphatic carboxylic acids is 1. The van der Waals surface area contributed by atoms with Gasteiger partial charge in [-0.1, -0.05) is 19.1 Å². The Morgan fingerprint density at radius 1 is 1.36 bits per heavy atom. The van der Waals surface area contributed by atoms with Gasteiger partial charge in [-0.25, -0.2) is 4.98 Å². The van der Waals surface area contributed by atoms with Gasteiger partial charge in [0.15, 0.2) is 0 Å². The lowest BCUT2D eigenvalue weighted by Crippen LogP contribution is -2.29. The third kappa shape index (κ3) is 5.28. The predicted molar refractivity (Wildman–Crippen MR) is 86.3 cm³/mol. The van der Waals surface area contributed by atoms with Crippen LogP contribution >= 0.6 is 11.3 Å². The zero-order valence-electron chi connectivity index (χ0n) is 13.1. The molecule has 0 spiro atoms. The molecule has 0 aliphatic heterocycles. The third-order valence-corrected chi connectivity index (χ3v) is 4.20. The molecular weight excluding hydrogens is 357 g/mol. The van der Waals surface area contributed by atoms with E-state index in [-0.39, 0.29) is 30.1 Å². The molecule has 1 amide bonds. The quantitative estimate of drug-likeness (QED) is 0.811. The average Bonchev–Trinajstić information content (AvgIpc) is 3.01. The molecule has 25 heavy (non-hydrogen) atoms. The van der Waals surface area contributed by atoms with Gasteiger partial charge in [0.05, 0.1) is 5.56 Å². The molecule has 2 aromatic rings. The molecule has 5 nitrogen and oxygen atoms in total. The summed E-state index contributed by atoms with van der Waals surface area (Å²) >= 11 is 1.06. The molecule has 1 atom stereocenters. The fourth-order valence-electron chi connectivity index (χ4n) is 2.07. The number of hydrogen-bond acceptors (Lipinski definition) is 4. The Morgan fingerprint density at radius 3 is 2.72 bits per heavy atom. The Balaban J connectivity index is 2.07. The van der Waals surface area contributed by atoms with Crippen molar-refractivity contribution in [2.45, 2.75) is 19.5 Å². The van der Waals surface area contributed by atoms with E-state index in [2.05, 4.69) is 10.3 Å². The summed E-state index contributed by atoms with van der Waals surface area (Å²) in [4.78, 5) is 26.7. The van der Waals surface area contributed by atoms with Crippen molar-refractivity contribution >= 4 is 23.2 Å². The van der Waals surface area contributed by atoms with Crippen molar-refractivity contribution < 1.29 is 27.9 Å². The van der Waals surface area contributed by atoms with Gasteiger partial charge in [-0.05, 0) is 18.1 Å². The summed E-state index contributed by atoms with van der Waals surface area (Å²) in [6.45, 7) is 1.85. The number of rotatable bonds is 6. The number of hydrogen-bond donors (Lipinski definition) is 2. The molecule has 0 saturated carbocycles. The molecule has 1 aromatic heterocycles. The summed E-state index contributed by atoms with van der Waals surface area (Å²) in [5.41, 5.74) is -0.424. The topological polar surface area (TPSA) is 79.3 Å². The largest absolute Gasteiger partial charge is 0.481 e. The van der Waals surface area contributed by atoms with Crippen LogP contribution in [0.4, 0.5) is 13.2 Å². The Kier molecular flexibility index (Phi) is 5.78. The lowest BCUT2D eigenvalue weighted by molar-refractivity contribution is -0.138. The first-order valence-electron chi connectivity index (χ1n) is 7.30. The number of carboxylic acids is 1. The van der Waals surface area contributed by atoms with Crippen molar-refractivity contribution in [2.75, 3.05) is 6.54 Å². The number of alkyl halides is 3. The van der Waals surface area contributed by atoms with E-state index in [0.717, 1.165) is 23.5 Å². The molecule has 0 fully saturated rings. The molecule has 0 aliphatic carbocycles. The fourth-order valence-corrected chi connectivity index (χ4v) is 2.86. The van der Waals surface area contributed by atoms with Gasteiger partial charge in [0, 0.05) is 23.9 Å². The van der Waals surface area contributed by atoms with Crippen LogP contribution in [0, 0.1) is 5.92 Å². The van der Waals surface area contributed by atoms with Crippen LogP contribution in [0.5, 0.6) is 0 Å². The van der Waals surface area contributed by atoms with Crippen molar-refractivity contribution in [2.24, 2.45) is 5.92 Å². The van der Waals surface area contributed by atoms with E-state index in [9.17, 15) is 22.8 Å². The summed E-state index contributed by atoms with van der Waals surface area (Å²) in [6, 6.07) is 4.72. The molecule has 0 bridgehead atoms. The number of carbonyl (C=O) groups is 2. The fraction of sp³-hybridized carbons (Fsp3) is 0.312. The van der Waals surface area contributed by atoms with Crippen LogP contribution in [0.25, 0.3) is 10.6 Å². The van der Waals surface area contributed by atoms with Gasteiger partial charge < -0.3 is 10.4 Å². The number of carboxylic acid groups (broad SMARTS) is 1. The molecule has 9 heteroatoms. The van der Waals surface area contributed by atoms with E-state index in [1.165, 1.54) is 17.5 Å². The number of nitrogens with one attached hydrogen (secondary N) is 1. The highest BCUT2D eigenvalue weighted by molar-refractivity contribution is 7.13. The van der Waals surface area contributed by atoms with Gasteiger partial charge >= 0.3 is 12.1 Å². The Bertz CT molecular complexity index is 774. The molecule has 1 heterocycles. The van der Waals surface area contributed by atoms with Crippen LogP contribution < -0.4 is 5.32 Å². The van der Waals surface area contributed by atoms with Gasteiger partial charge in [0.1, 0.15) is 10.7 Å². The minimum atomic E-state index is -4.45. The summed E-state index contributed by atoms with van der Waals surface area (Å²) < 4.78 is 38.3. The maximum atomic E-state index is 12.8. The molecule has 2 rings (SSSR count). The van der Waals surface area contributed by atoms with Crippen molar-refractivity contribution in [1.29, 1.82) is 0 Å². The highest BCUT2D eigenvalue weighted by Crippen LogP contribution is 2.33. The Hall–Kier alpha value is -2.42. The first kappa shape index (κ1) is 18.9. The molecule has 1 unspecified atom stereocenters. The second-order valence-corrected chi connectivity index (χ2v) is 6.39. The van der Waals surface area contributed by atoms with Crippen LogP contribution in [-0.2, 0) is 11.0 Å². The zero-order valence-corrected chi connectivity index (χ0v) is 13.9. The van der Waals surface area contributed by atoms with Gasteiger partial charge in [0.2, 0.25) is 0 Å². The lowest BCUT2D eigenvalue weighted by Gasteiger charge is -2.09. The van der Waals surface area contributed by atoms with Crippen LogP contribution in [-0.4, -0.2) is 28.5 Å². The van der Waals surface area contributed by atoms with Crippen molar-refractivity contribution in [3.05, 3.63) is 40.9 Å². The van der Waals surface area contributed by atoms with Gasteiger partial charge in [-0.15, -0.1) is 11.3 Å². The standard InChI is InChI=1S/C16H15F3N2O3S/c1-9(5-13(22)23)7-20-14(24)12-8-25-15(21-12)10-3-2-4-11(6-10)16(17,18)19/h2-4,6,8-9H,5,7H2,1H3,(H,20,24)(H,22,23). The number of halogens is 3. The summed E-state index contributed by atoms with van der Waals surface area (Å²) in [6.07, 6.45) is -4.53. The van der Waals surface area contributed by atoms with Crippen molar-refractivity contribution in [1.82, 2.24) is 10.3 Å². The summed E-state index contributed by atoms with van der Waals surface area (Å²) in [7, 11) is 0. The van der Waals surface area contributed by atoms with E-state index in [1.807, 2.05) is 0 Å². The van der Waals surface area contributed by atoms with E-state index >= 15 is 0 Å². The Morgan fingerprint density at radius 2 is 2.08 bits per heavy atom. The van der Waals surface area contributed by atoms with E-state index < -0.39 is 23.6 Å². The van der Waals surface area contributed by atoms with Crippen LogP contribution in [0.15, 0.2) is 29.6 Å². The second-order valence-electron chi connectivity index (χ2n) is 5.53. The minimum absolute atomic E-state index is 0.0766. The van der Waals surface area contributed by atoms with Crippen molar-refractivity contribution in [3.63, 3.8) is 0 Å². The molecule has 134 valence electrons. The van der Waals surface area contributed by atoms with Gasteiger partial charge in [-0.3, -0.25) is 9.59 Å². The maximum Gasteiger partial charge on any atom is 0.416 e. The van der Waals surface area contributed by atoms with E-state index in [0.29, 0.717) is 5.01 Å². The normalized spacial score (nSPS) is 12.6. The molecule has 0 radical (unpaired) electrons. The van der Waals surface area contributed by atoms with Crippen LogP contribution in [0.2, 0.25) is 0 Å². The highest BCUT2D eigenvalue weighted by Gasteiger charge is 2.30. The van der Waals surface area contributed by atoms with Crippen LogP contribution in [0.1, 0.15) is 29.4 Å². The van der Waals surface area contributed by atoms with Crippen molar-refractivity contribution in [3.8, 4) is 10.6 Å². The number of nitrogens with zero attached hydrogens (tertiary/aromatic N) is 1. The monoisotopic (exact) mass is 372 g/mol. The summed E-state index contributed by atoms with van der Waals surface area (Å²) in [5, 5.41) is 13.0. The maximum absolute atomic E-state index is 12.8. The number of carbonyl (C=O) groups excluding carboxylic acids is 1. The first-order chi connectivity index (χ1) is 11.7.